The molecule has 0 aliphatic heterocycles. The molecule has 0 saturated heterocycles. The van der Waals surface area contributed by atoms with Crippen LogP contribution in [0, 0.1) is 19.7 Å². The number of hydrogen-bond acceptors (Lipinski definition) is 2. The molecule has 0 unspecified atom stereocenters. The molecule has 1 N–H and O–H groups in total. The number of aryl methyl sites for hydroxylation is 2. The fraction of sp³-hybridized carbons (Fsp3) is 0.143. The third-order valence-corrected chi connectivity index (χ3v) is 2.85. The van der Waals surface area contributed by atoms with Crippen molar-refractivity contribution in [1.29, 1.82) is 0 Å². The molecule has 98 valence electrons. The van der Waals surface area contributed by atoms with Crippen molar-refractivity contribution in [3.8, 4) is 5.69 Å². The Morgan fingerprint density at radius 3 is 2.21 bits per heavy atom. The number of carboxylic acids is 1. The molecule has 4 nitrogen and oxygen atoms in total. The summed E-state index contributed by atoms with van der Waals surface area (Å²) in [6.07, 6.45) is 0. The van der Waals surface area contributed by atoms with Gasteiger partial charge in [0, 0.05) is 29.2 Å². The zero-order chi connectivity index (χ0) is 14.2. The normalized spacial score (nSPS) is 10.5. The highest BCUT2D eigenvalue weighted by Crippen LogP contribution is 2.17. The highest BCUT2D eigenvalue weighted by molar-refractivity contribution is 5.88. The zero-order valence-electron chi connectivity index (χ0n) is 10.5. The largest absolute Gasteiger partial charge is 0.478 e. The van der Waals surface area contributed by atoms with Crippen LogP contribution in [0.5, 0.6) is 0 Å². The SMILES string of the molecule is Cc1cc(=O)cc(C)n1-c1ccc(C(=O)O)c(F)c1. The third-order valence-electron chi connectivity index (χ3n) is 2.85. The molecule has 1 aromatic carbocycles. The Bertz CT molecular complexity index is 693. The predicted octanol–water partition coefficient (Wildman–Crippen LogP) is 2.29. The summed E-state index contributed by atoms with van der Waals surface area (Å²) in [6.45, 7) is 3.47. The van der Waals surface area contributed by atoms with Crippen LogP contribution >= 0.6 is 0 Å². The first kappa shape index (κ1) is 13.0. The van der Waals surface area contributed by atoms with Crippen LogP contribution in [0.15, 0.2) is 35.1 Å². The summed E-state index contributed by atoms with van der Waals surface area (Å²) in [5, 5.41) is 8.78. The van der Waals surface area contributed by atoms with Gasteiger partial charge in [-0.15, -0.1) is 0 Å². The van der Waals surface area contributed by atoms with E-state index < -0.39 is 11.8 Å². The van der Waals surface area contributed by atoms with E-state index in [1.807, 2.05) is 0 Å². The third kappa shape index (κ3) is 2.40. The predicted molar refractivity (Wildman–Crippen MR) is 68.4 cm³/mol. The number of nitrogens with zero attached hydrogens (tertiary/aromatic N) is 1. The van der Waals surface area contributed by atoms with Crippen molar-refractivity contribution in [2.75, 3.05) is 0 Å². The van der Waals surface area contributed by atoms with Gasteiger partial charge in [-0.1, -0.05) is 0 Å². The second-order valence-electron chi connectivity index (χ2n) is 4.28. The van der Waals surface area contributed by atoms with Crippen LogP contribution in [0.1, 0.15) is 21.7 Å². The second kappa shape index (κ2) is 4.68. The van der Waals surface area contributed by atoms with Gasteiger partial charge < -0.3 is 9.67 Å². The first-order valence-electron chi connectivity index (χ1n) is 5.63. The van der Waals surface area contributed by atoms with Crippen LogP contribution < -0.4 is 5.43 Å². The smallest absolute Gasteiger partial charge is 0.338 e. The summed E-state index contributed by atoms with van der Waals surface area (Å²) in [4.78, 5) is 22.1. The summed E-state index contributed by atoms with van der Waals surface area (Å²) in [5.74, 6) is -2.11. The van der Waals surface area contributed by atoms with Gasteiger partial charge in [0.15, 0.2) is 5.43 Å². The number of carbonyl (C=O) groups is 1. The highest BCUT2D eigenvalue weighted by atomic mass is 19.1. The van der Waals surface area contributed by atoms with Gasteiger partial charge in [-0.3, -0.25) is 4.79 Å². The zero-order valence-corrected chi connectivity index (χ0v) is 10.5. The van der Waals surface area contributed by atoms with E-state index in [1.165, 1.54) is 24.3 Å². The molecule has 0 atom stereocenters. The summed E-state index contributed by atoms with van der Waals surface area (Å²) in [6, 6.07) is 6.75. The minimum atomic E-state index is -1.31. The molecule has 5 heteroatoms. The van der Waals surface area contributed by atoms with Crippen LogP contribution in [0.2, 0.25) is 0 Å². The van der Waals surface area contributed by atoms with Crippen molar-refractivity contribution in [1.82, 2.24) is 4.57 Å². The molecule has 0 bridgehead atoms. The van der Waals surface area contributed by atoms with E-state index in [2.05, 4.69) is 0 Å². The summed E-state index contributed by atoms with van der Waals surface area (Å²) < 4.78 is 15.4. The summed E-state index contributed by atoms with van der Waals surface area (Å²) >= 11 is 0. The number of rotatable bonds is 2. The molecular weight excluding hydrogens is 249 g/mol. The van der Waals surface area contributed by atoms with E-state index >= 15 is 0 Å². The maximum Gasteiger partial charge on any atom is 0.338 e. The number of halogens is 1. The lowest BCUT2D eigenvalue weighted by Gasteiger charge is -2.14. The topological polar surface area (TPSA) is 59.3 Å². The van der Waals surface area contributed by atoms with Crippen molar-refractivity contribution in [2.45, 2.75) is 13.8 Å². The second-order valence-corrected chi connectivity index (χ2v) is 4.28. The quantitative estimate of drug-likeness (QED) is 0.902. The van der Waals surface area contributed by atoms with Crippen molar-refractivity contribution < 1.29 is 14.3 Å². The van der Waals surface area contributed by atoms with E-state index in [-0.39, 0.29) is 11.0 Å². The van der Waals surface area contributed by atoms with Crippen LogP contribution in [0.4, 0.5) is 4.39 Å². The Labute approximate surface area is 108 Å². The molecule has 0 spiro atoms. The van der Waals surface area contributed by atoms with Crippen LogP contribution in [0.25, 0.3) is 5.69 Å². The van der Waals surface area contributed by atoms with E-state index in [0.29, 0.717) is 17.1 Å². The molecule has 19 heavy (non-hydrogen) atoms. The number of carboxylic acid groups (broad SMARTS) is 1. The minimum Gasteiger partial charge on any atom is -0.478 e. The molecule has 1 aromatic heterocycles. The van der Waals surface area contributed by atoms with E-state index in [0.717, 1.165) is 6.07 Å². The number of hydrogen-bond donors (Lipinski definition) is 1. The Morgan fingerprint density at radius 1 is 1.16 bits per heavy atom. The van der Waals surface area contributed by atoms with Gasteiger partial charge >= 0.3 is 5.97 Å². The number of benzene rings is 1. The van der Waals surface area contributed by atoms with Crippen LogP contribution in [-0.2, 0) is 0 Å². The van der Waals surface area contributed by atoms with E-state index in [1.54, 1.807) is 18.4 Å². The molecule has 0 saturated carbocycles. The van der Waals surface area contributed by atoms with Crippen molar-refractivity contribution in [2.24, 2.45) is 0 Å². The Balaban J connectivity index is 2.64. The van der Waals surface area contributed by atoms with E-state index in [4.69, 9.17) is 5.11 Å². The van der Waals surface area contributed by atoms with Crippen LogP contribution in [-0.4, -0.2) is 15.6 Å². The molecule has 2 aromatic rings. The van der Waals surface area contributed by atoms with Gasteiger partial charge in [-0.25, -0.2) is 9.18 Å². The average Bonchev–Trinajstić information content (AvgIpc) is 2.26. The lowest BCUT2D eigenvalue weighted by atomic mass is 10.1. The molecule has 1 heterocycles. The summed E-state index contributed by atoms with van der Waals surface area (Å²) in [5.41, 5.74) is 1.31. The summed E-state index contributed by atoms with van der Waals surface area (Å²) in [7, 11) is 0. The highest BCUT2D eigenvalue weighted by Gasteiger charge is 2.12. The molecule has 0 aliphatic rings. The van der Waals surface area contributed by atoms with Gasteiger partial charge in [0.2, 0.25) is 0 Å². The first-order chi connectivity index (χ1) is 8.90. The van der Waals surface area contributed by atoms with Gasteiger partial charge in [0.05, 0.1) is 5.56 Å². The van der Waals surface area contributed by atoms with Crippen molar-refractivity contribution in [3.05, 3.63) is 63.3 Å². The Morgan fingerprint density at radius 2 is 1.74 bits per heavy atom. The fourth-order valence-corrected chi connectivity index (χ4v) is 2.08. The molecule has 0 amide bonds. The number of pyridine rings is 1. The lowest BCUT2D eigenvalue weighted by molar-refractivity contribution is 0.0692. The number of aromatic carboxylic acids is 1. The Hall–Kier alpha value is -2.43. The van der Waals surface area contributed by atoms with Gasteiger partial charge in [0.25, 0.3) is 0 Å². The lowest BCUT2D eigenvalue weighted by Crippen LogP contribution is -2.12. The van der Waals surface area contributed by atoms with Crippen molar-refractivity contribution >= 4 is 5.97 Å². The maximum absolute atomic E-state index is 13.7. The van der Waals surface area contributed by atoms with Crippen molar-refractivity contribution in [3.63, 3.8) is 0 Å². The standard InChI is InChI=1S/C14H12FNO3/c1-8-5-11(17)6-9(2)16(8)10-3-4-12(14(18)19)13(15)7-10/h3-7H,1-2H3,(H,18,19). The molecule has 2 rings (SSSR count). The van der Waals surface area contributed by atoms with Gasteiger partial charge in [-0.2, -0.15) is 0 Å². The molecular formula is C14H12FNO3. The van der Waals surface area contributed by atoms with Crippen LogP contribution in [0.3, 0.4) is 0 Å². The van der Waals surface area contributed by atoms with Gasteiger partial charge in [0.1, 0.15) is 5.82 Å². The fourth-order valence-electron chi connectivity index (χ4n) is 2.08. The van der Waals surface area contributed by atoms with Gasteiger partial charge in [-0.05, 0) is 32.0 Å². The molecule has 0 fully saturated rings. The average molecular weight is 261 g/mol. The maximum atomic E-state index is 13.7. The molecule has 0 aliphatic carbocycles. The minimum absolute atomic E-state index is 0.117. The Kier molecular flexibility index (Phi) is 3.21. The molecule has 0 radical (unpaired) electrons. The first-order valence-corrected chi connectivity index (χ1v) is 5.63. The van der Waals surface area contributed by atoms with E-state index in [9.17, 15) is 14.0 Å². The monoisotopic (exact) mass is 261 g/mol. The number of aromatic nitrogens is 1.